The lowest BCUT2D eigenvalue weighted by molar-refractivity contribution is 0.00578. The van der Waals surface area contributed by atoms with Crippen molar-refractivity contribution in [2.24, 2.45) is 5.41 Å². The Balaban J connectivity index is 2.36. The van der Waals surface area contributed by atoms with E-state index in [9.17, 15) is 0 Å². The third-order valence-corrected chi connectivity index (χ3v) is 6.75. The standard InChI is InChI=1S/C22H39BO3Si/c1-20(2,3)19(24-27(8,9)10)16-18(17-14-12-11-13-15-17)23-25-21(4,5)22(6,7)26-23/h11-15,18-19H,16H2,1-10H3/t18-,19+/m1/s1. The van der Waals surface area contributed by atoms with Crippen LogP contribution in [0.3, 0.4) is 0 Å². The monoisotopic (exact) mass is 390 g/mol. The summed E-state index contributed by atoms with van der Waals surface area (Å²) in [6.45, 7) is 22.1. The lowest BCUT2D eigenvalue weighted by Gasteiger charge is -2.38. The molecular formula is C22H39BO3Si. The minimum atomic E-state index is -1.68. The highest BCUT2D eigenvalue weighted by Gasteiger charge is 2.54. The lowest BCUT2D eigenvalue weighted by Crippen LogP contribution is -2.42. The Morgan fingerprint density at radius 3 is 1.85 bits per heavy atom. The van der Waals surface area contributed by atoms with E-state index in [0.717, 1.165) is 6.42 Å². The zero-order valence-electron chi connectivity index (χ0n) is 19.1. The summed E-state index contributed by atoms with van der Waals surface area (Å²) in [5, 5.41) is 0. The predicted octanol–water partition coefficient (Wildman–Crippen LogP) is 6.06. The first kappa shape index (κ1) is 22.7. The molecule has 5 heteroatoms. The van der Waals surface area contributed by atoms with Crippen LogP contribution in [0.1, 0.15) is 66.3 Å². The highest BCUT2D eigenvalue weighted by molar-refractivity contribution is 6.69. The first-order chi connectivity index (χ1) is 12.1. The summed E-state index contributed by atoms with van der Waals surface area (Å²) in [4.78, 5) is 0. The third kappa shape index (κ3) is 5.69. The van der Waals surface area contributed by atoms with Gasteiger partial charge in [-0.3, -0.25) is 0 Å². The van der Waals surface area contributed by atoms with Crippen LogP contribution in [-0.4, -0.2) is 32.7 Å². The maximum atomic E-state index is 6.65. The van der Waals surface area contributed by atoms with Gasteiger partial charge in [0.05, 0.1) is 11.2 Å². The van der Waals surface area contributed by atoms with E-state index < -0.39 is 8.32 Å². The fourth-order valence-corrected chi connectivity index (χ4v) is 4.70. The second-order valence-corrected chi connectivity index (χ2v) is 15.4. The molecule has 0 amide bonds. The molecule has 2 atom stereocenters. The molecule has 27 heavy (non-hydrogen) atoms. The Kier molecular flexibility index (Phi) is 6.43. The molecule has 0 aliphatic carbocycles. The molecule has 1 heterocycles. The first-order valence-electron chi connectivity index (χ1n) is 10.2. The van der Waals surface area contributed by atoms with Gasteiger partial charge in [-0.15, -0.1) is 0 Å². The van der Waals surface area contributed by atoms with Gasteiger partial charge >= 0.3 is 7.12 Å². The summed E-state index contributed by atoms with van der Waals surface area (Å²) in [6.07, 6.45) is 1.03. The smallest absolute Gasteiger partial charge is 0.414 e. The van der Waals surface area contributed by atoms with Crippen molar-refractivity contribution >= 4 is 15.4 Å². The van der Waals surface area contributed by atoms with E-state index >= 15 is 0 Å². The molecule has 0 radical (unpaired) electrons. The Morgan fingerprint density at radius 1 is 0.963 bits per heavy atom. The van der Waals surface area contributed by atoms with Crippen molar-refractivity contribution in [2.75, 3.05) is 0 Å². The highest BCUT2D eigenvalue weighted by atomic mass is 28.4. The number of benzene rings is 1. The summed E-state index contributed by atoms with van der Waals surface area (Å²) >= 11 is 0. The van der Waals surface area contributed by atoms with Crippen molar-refractivity contribution in [2.45, 2.75) is 97.7 Å². The summed E-state index contributed by atoms with van der Waals surface area (Å²) in [5.41, 5.74) is 0.643. The van der Waals surface area contributed by atoms with Crippen LogP contribution in [0, 0.1) is 5.41 Å². The summed E-state index contributed by atoms with van der Waals surface area (Å²) in [7, 11) is -1.95. The molecule has 0 N–H and O–H groups in total. The average Bonchev–Trinajstić information content (AvgIpc) is 2.70. The summed E-state index contributed by atoms with van der Waals surface area (Å²) < 4.78 is 19.6. The van der Waals surface area contributed by atoms with E-state index in [-0.39, 0.29) is 35.7 Å². The molecule has 1 aliphatic rings. The predicted molar refractivity (Wildman–Crippen MR) is 118 cm³/mol. The zero-order chi connectivity index (χ0) is 20.7. The van der Waals surface area contributed by atoms with Crippen LogP contribution in [0.25, 0.3) is 0 Å². The molecule has 0 aromatic heterocycles. The van der Waals surface area contributed by atoms with E-state index in [1.165, 1.54) is 5.56 Å². The van der Waals surface area contributed by atoms with Crippen LogP contribution >= 0.6 is 0 Å². The maximum absolute atomic E-state index is 6.65. The van der Waals surface area contributed by atoms with E-state index in [1.807, 2.05) is 0 Å². The summed E-state index contributed by atoms with van der Waals surface area (Å²) in [6, 6.07) is 10.6. The molecule has 1 aromatic carbocycles. The molecule has 0 bridgehead atoms. The van der Waals surface area contributed by atoms with Crippen molar-refractivity contribution in [1.82, 2.24) is 0 Å². The summed E-state index contributed by atoms with van der Waals surface area (Å²) in [5.74, 6) is 0.132. The molecule has 1 aromatic rings. The van der Waals surface area contributed by atoms with Gasteiger partial charge in [0.15, 0.2) is 8.32 Å². The van der Waals surface area contributed by atoms with Gasteiger partial charge in [-0.1, -0.05) is 51.1 Å². The number of hydrogen-bond donors (Lipinski definition) is 0. The van der Waals surface area contributed by atoms with Crippen LogP contribution in [0.2, 0.25) is 19.6 Å². The molecule has 3 nitrogen and oxygen atoms in total. The van der Waals surface area contributed by atoms with Crippen molar-refractivity contribution < 1.29 is 13.7 Å². The lowest BCUT2D eigenvalue weighted by atomic mass is 9.63. The van der Waals surface area contributed by atoms with Crippen LogP contribution in [0.5, 0.6) is 0 Å². The van der Waals surface area contributed by atoms with Gasteiger partial charge in [-0.25, -0.2) is 0 Å². The fraction of sp³-hybridized carbons (Fsp3) is 0.727. The van der Waals surface area contributed by atoms with Gasteiger partial charge in [-0.2, -0.15) is 0 Å². The van der Waals surface area contributed by atoms with Gasteiger partial charge in [-0.05, 0) is 64.7 Å². The van der Waals surface area contributed by atoms with Gasteiger partial charge < -0.3 is 13.7 Å². The molecule has 1 fully saturated rings. The largest absolute Gasteiger partial charge is 0.465 e. The van der Waals surface area contributed by atoms with Crippen molar-refractivity contribution in [3.05, 3.63) is 35.9 Å². The van der Waals surface area contributed by atoms with Crippen LogP contribution in [0.4, 0.5) is 0 Å². The topological polar surface area (TPSA) is 27.7 Å². The molecular weight excluding hydrogens is 351 g/mol. The first-order valence-corrected chi connectivity index (χ1v) is 13.6. The second-order valence-electron chi connectivity index (χ2n) is 11.0. The van der Waals surface area contributed by atoms with E-state index in [4.69, 9.17) is 13.7 Å². The van der Waals surface area contributed by atoms with Crippen molar-refractivity contribution in [3.8, 4) is 0 Å². The van der Waals surface area contributed by atoms with Crippen LogP contribution in [-0.2, 0) is 13.7 Å². The van der Waals surface area contributed by atoms with Crippen molar-refractivity contribution in [3.63, 3.8) is 0 Å². The second kappa shape index (κ2) is 7.66. The minimum Gasteiger partial charge on any atom is -0.414 e. The fourth-order valence-electron chi connectivity index (χ4n) is 3.39. The Morgan fingerprint density at radius 2 is 1.44 bits per heavy atom. The van der Waals surface area contributed by atoms with E-state index in [2.05, 4.69) is 98.4 Å². The van der Waals surface area contributed by atoms with Crippen LogP contribution in [0.15, 0.2) is 30.3 Å². The Hall–Kier alpha value is -0.618. The quantitative estimate of drug-likeness (QED) is 0.553. The SMILES string of the molecule is CC(C)(C)[C@H](C[C@@H](B1OC(C)(C)C(C)(C)O1)c1ccccc1)O[Si](C)(C)C. The van der Waals surface area contributed by atoms with E-state index in [1.54, 1.807) is 0 Å². The number of rotatable bonds is 6. The average molecular weight is 390 g/mol. The minimum absolute atomic E-state index is 0.0525. The normalized spacial score (nSPS) is 21.9. The molecule has 2 rings (SSSR count). The van der Waals surface area contributed by atoms with Crippen LogP contribution < -0.4 is 0 Å². The Bertz CT molecular complexity index is 601. The molecule has 1 aliphatic heterocycles. The number of hydrogen-bond acceptors (Lipinski definition) is 3. The molecule has 0 saturated carbocycles. The van der Waals surface area contributed by atoms with Gasteiger partial charge in [0.2, 0.25) is 0 Å². The molecule has 152 valence electrons. The van der Waals surface area contributed by atoms with Crippen molar-refractivity contribution in [1.29, 1.82) is 0 Å². The zero-order valence-corrected chi connectivity index (χ0v) is 20.1. The Labute approximate surface area is 168 Å². The molecule has 1 saturated heterocycles. The highest BCUT2D eigenvalue weighted by Crippen LogP contribution is 2.43. The van der Waals surface area contributed by atoms with Gasteiger partial charge in [0, 0.05) is 11.9 Å². The van der Waals surface area contributed by atoms with Gasteiger partial charge in [0.1, 0.15) is 0 Å². The van der Waals surface area contributed by atoms with Gasteiger partial charge in [0.25, 0.3) is 0 Å². The molecule has 0 spiro atoms. The third-order valence-electron chi connectivity index (χ3n) is 5.76. The maximum Gasteiger partial charge on any atom is 0.465 e. The molecule has 0 unspecified atom stereocenters. The van der Waals surface area contributed by atoms with E-state index in [0.29, 0.717) is 0 Å².